The average Bonchev–Trinajstić information content (AvgIpc) is 3.34. The Balaban J connectivity index is 1.35. The van der Waals surface area contributed by atoms with Gasteiger partial charge >= 0.3 is 0 Å². The molecular formula is C32H31FN4O4. The van der Waals surface area contributed by atoms with Crippen molar-refractivity contribution < 1.29 is 18.7 Å². The molecule has 1 aromatic heterocycles. The number of aromatic nitrogens is 1. The number of benzene rings is 3. The van der Waals surface area contributed by atoms with Crippen molar-refractivity contribution in [3.05, 3.63) is 81.4 Å². The van der Waals surface area contributed by atoms with Gasteiger partial charge in [0.2, 0.25) is 5.43 Å². The summed E-state index contributed by atoms with van der Waals surface area (Å²) in [6.45, 7) is 4.65. The summed E-state index contributed by atoms with van der Waals surface area (Å²) in [5, 5.41) is 3.36. The van der Waals surface area contributed by atoms with Gasteiger partial charge in [-0.1, -0.05) is 24.3 Å². The number of anilines is 1. The van der Waals surface area contributed by atoms with Gasteiger partial charge in [0, 0.05) is 39.9 Å². The highest BCUT2D eigenvalue weighted by Gasteiger charge is 2.31. The number of hydrogen-bond donors (Lipinski definition) is 1. The minimum Gasteiger partial charge on any atom is -0.451 e. The van der Waals surface area contributed by atoms with Crippen molar-refractivity contribution in [3.8, 4) is 28.3 Å². The van der Waals surface area contributed by atoms with Gasteiger partial charge in [0.15, 0.2) is 17.3 Å². The van der Waals surface area contributed by atoms with E-state index in [9.17, 15) is 9.59 Å². The lowest BCUT2D eigenvalue weighted by molar-refractivity contribution is 0.0378. The van der Waals surface area contributed by atoms with E-state index < -0.39 is 17.2 Å². The maximum absolute atomic E-state index is 15.7. The molecule has 1 saturated heterocycles. The highest BCUT2D eigenvalue weighted by Crippen LogP contribution is 2.48. The standard InChI is InChI=1S/C32H31FN4O4/c1-35(2)32(39)24-18-37-26-17-22-20(14-19-6-3-4-7-21(19)22)15-27(26)41-31-28(25(33)16-23(29(31)37)30(24)38)34-8-5-9-36-10-12-40-13-11-36/h3-4,6-7,15-18,34H,5,8-14H2,1-2H3. The van der Waals surface area contributed by atoms with Gasteiger partial charge in [0.25, 0.3) is 5.91 Å². The van der Waals surface area contributed by atoms with Crippen molar-refractivity contribution in [2.24, 2.45) is 0 Å². The normalized spacial score (nSPS) is 15.2. The minimum absolute atomic E-state index is 0.0205. The molecule has 8 nitrogen and oxygen atoms in total. The van der Waals surface area contributed by atoms with Gasteiger partial charge in [-0.05, 0) is 59.8 Å². The van der Waals surface area contributed by atoms with Crippen LogP contribution in [0.3, 0.4) is 0 Å². The Morgan fingerprint density at radius 1 is 1.07 bits per heavy atom. The number of nitrogens with one attached hydrogen (secondary N) is 1. The Hall–Kier alpha value is -4.21. The second-order valence-corrected chi connectivity index (χ2v) is 11.0. The Bertz CT molecular complexity index is 1770. The van der Waals surface area contributed by atoms with E-state index in [4.69, 9.17) is 9.47 Å². The lowest BCUT2D eigenvalue weighted by atomic mass is 10.0. The number of rotatable bonds is 6. The number of carbonyl (C=O) groups excluding carboxylic acids is 1. The molecule has 3 aromatic carbocycles. The average molecular weight is 555 g/mol. The first-order valence-corrected chi connectivity index (χ1v) is 14.0. The Labute approximate surface area is 236 Å². The second-order valence-electron chi connectivity index (χ2n) is 11.0. The zero-order valence-electron chi connectivity index (χ0n) is 23.1. The molecule has 41 heavy (non-hydrogen) atoms. The third kappa shape index (κ3) is 4.27. The van der Waals surface area contributed by atoms with Gasteiger partial charge in [-0.15, -0.1) is 0 Å². The van der Waals surface area contributed by atoms with Crippen LogP contribution in [-0.2, 0) is 11.2 Å². The largest absolute Gasteiger partial charge is 0.451 e. The van der Waals surface area contributed by atoms with E-state index in [0.29, 0.717) is 23.5 Å². The molecule has 0 saturated carbocycles. The fraction of sp³-hybridized carbons (Fsp3) is 0.312. The first kappa shape index (κ1) is 25.7. The van der Waals surface area contributed by atoms with Gasteiger partial charge in [-0.3, -0.25) is 14.5 Å². The number of ether oxygens (including phenoxy) is 2. The van der Waals surface area contributed by atoms with Gasteiger partial charge < -0.3 is 24.3 Å². The lowest BCUT2D eigenvalue weighted by Crippen LogP contribution is -2.37. The van der Waals surface area contributed by atoms with Crippen LogP contribution < -0.4 is 15.5 Å². The number of halogens is 1. The number of carbonyl (C=O) groups is 1. The summed E-state index contributed by atoms with van der Waals surface area (Å²) in [4.78, 5) is 30.3. The van der Waals surface area contributed by atoms with Crippen LogP contribution in [0.5, 0.6) is 11.5 Å². The lowest BCUT2D eigenvalue weighted by Gasteiger charge is -2.28. The molecule has 1 N–H and O–H groups in total. The summed E-state index contributed by atoms with van der Waals surface area (Å²) < 4.78 is 29.4. The van der Waals surface area contributed by atoms with E-state index >= 15 is 4.39 Å². The predicted molar refractivity (Wildman–Crippen MR) is 156 cm³/mol. The molecule has 0 bridgehead atoms. The smallest absolute Gasteiger partial charge is 0.258 e. The summed E-state index contributed by atoms with van der Waals surface area (Å²) in [6.07, 6.45) is 3.16. The molecule has 1 aliphatic carbocycles. The highest BCUT2D eigenvalue weighted by molar-refractivity contribution is 6.01. The number of nitrogens with zero attached hydrogens (tertiary/aromatic N) is 3. The Morgan fingerprint density at radius 3 is 2.68 bits per heavy atom. The second kappa shape index (κ2) is 10.0. The first-order chi connectivity index (χ1) is 19.9. The van der Waals surface area contributed by atoms with E-state index in [1.165, 1.54) is 16.5 Å². The summed E-state index contributed by atoms with van der Waals surface area (Å²) in [5.41, 5.74) is 5.41. The fourth-order valence-electron chi connectivity index (χ4n) is 6.14. The summed E-state index contributed by atoms with van der Waals surface area (Å²) in [5.74, 6) is -0.212. The zero-order chi connectivity index (χ0) is 28.2. The molecule has 9 heteroatoms. The van der Waals surface area contributed by atoms with E-state index in [1.807, 2.05) is 28.8 Å². The van der Waals surface area contributed by atoms with Crippen molar-refractivity contribution in [2.45, 2.75) is 12.8 Å². The molecule has 3 heterocycles. The van der Waals surface area contributed by atoms with Crippen LogP contribution in [0.2, 0.25) is 0 Å². The van der Waals surface area contributed by atoms with Crippen molar-refractivity contribution in [3.63, 3.8) is 0 Å². The van der Waals surface area contributed by atoms with Crippen LogP contribution >= 0.6 is 0 Å². The van der Waals surface area contributed by atoms with E-state index in [-0.39, 0.29) is 22.4 Å². The van der Waals surface area contributed by atoms with Crippen molar-refractivity contribution in [1.29, 1.82) is 0 Å². The molecule has 2 aliphatic heterocycles. The minimum atomic E-state index is -0.589. The number of morpholine rings is 1. The van der Waals surface area contributed by atoms with Crippen LogP contribution in [0.4, 0.5) is 10.1 Å². The predicted octanol–water partition coefficient (Wildman–Crippen LogP) is 4.64. The molecule has 4 aromatic rings. The van der Waals surface area contributed by atoms with Crippen molar-refractivity contribution in [2.75, 3.05) is 58.8 Å². The summed E-state index contributed by atoms with van der Waals surface area (Å²) >= 11 is 0. The van der Waals surface area contributed by atoms with Gasteiger partial charge in [-0.2, -0.15) is 0 Å². The number of amides is 1. The zero-order valence-corrected chi connectivity index (χ0v) is 23.1. The molecule has 0 atom stereocenters. The van der Waals surface area contributed by atoms with Crippen LogP contribution in [0, 0.1) is 5.82 Å². The number of hydrogen-bond acceptors (Lipinski definition) is 6. The fourth-order valence-corrected chi connectivity index (χ4v) is 6.14. The SMILES string of the molecule is CN(C)C(=O)c1cn2c3c(c(NCCCN4CCOCC4)c(F)cc3c1=O)Oc1cc3c(cc1-2)-c1ccccc1C3. The van der Waals surface area contributed by atoms with Gasteiger partial charge in [0.05, 0.1) is 24.3 Å². The molecule has 1 amide bonds. The molecule has 210 valence electrons. The first-order valence-electron chi connectivity index (χ1n) is 14.0. The van der Waals surface area contributed by atoms with Crippen LogP contribution in [-0.4, -0.2) is 73.8 Å². The Morgan fingerprint density at radius 2 is 1.88 bits per heavy atom. The topological polar surface area (TPSA) is 76.0 Å². The quantitative estimate of drug-likeness (QED) is 0.303. The van der Waals surface area contributed by atoms with Gasteiger partial charge in [0.1, 0.15) is 16.8 Å². The van der Waals surface area contributed by atoms with E-state index in [2.05, 4.69) is 22.3 Å². The molecule has 0 unspecified atom stereocenters. The van der Waals surface area contributed by atoms with E-state index in [0.717, 1.165) is 62.4 Å². The summed E-state index contributed by atoms with van der Waals surface area (Å²) in [6, 6.07) is 13.5. The molecule has 7 rings (SSSR count). The molecule has 0 spiro atoms. The molecule has 1 fully saturated rings. The van der Waals surface area contributed by atoms with Crippen molar-refractivity contribution in [1.82, 2.24) is 14.4 Å². The third-order valence-corrected chi connectivity index (χ3v) is 8.23. The third-order valence-electron chi connectivity index (χ3n) is 8.23. The van der Waals surface area contributed by atoms with Crippen molar-refractivity contribution >= 4 is 22.5 Å². The maximum Gasteiger partial charge on any atom is 0.258 e. The number of fused-ring (bicyclic) bond motifs is 5. The van der Waals surface area contributed by atoms with Gasteiger partial charge in [-0.25, -0.2) is 4.39 Å². The monoisotopic (exact) mass is 554 g/mol. The number of pyridine rings is 1. The Kier molecular flexibility index (Phi) is 6.28. The molecular weight excluding hydrogens is 523 g/mol. The van der Waals surface area contributed by atoms with Crippen LogP contribution in [0.1, 0.15) is 27.9 Å². The van der Waals surface area contributed by atoms with Crippen LogP contribution in [0.15, 0.2) is 53.5 Å². The highest BCUT2D eigenvalue weighted by atomic mass is 19.1. The molecule has 3 aliphatic rings. The van der Waals surface area contributed by atoms with E-state index in [1.54, 1.807) is 20.3 Å². The molecule has 0 radical (unpaired) electrons. The maximum atomic E-state index is 15.7. The van der Waals surface area contributed by atoms with Crippen LogP contribution in [0.25, 0.3) is 27.7 Å². The summed E-state index contributed by atoms with van der Waals surface area (Å²) in [7, 11) is 3.19.